The number of hydrogen-bond acceptors (Lipinski definition) is 6. The van der Waals surface area contributed by atoms with Crippen LogP contribution in [-0.2, 0) is 25.8 Å². The summed E-state index contributed by atoms with van der Waals surface area (Å²) in [6.07, 6.45) is 2.98. The Morgan fingerprint density at radius 2 is 1.90 bits per heavy atom. The summed E-state index contributed by atoms with van der Waals surface area (Å²) in [6.45, 7) is 1.97. The third-order valence-electron chi connectivity index (χ3n) is 4.81. The van der Waals surface area contributed by atoms with Gasteiger partial charge in [-0.05, 0) is 13.3 Å². The standard InChI is InChI=1S/C20H25N3O5S/c1-15(20(25)23-10-12-29(26,27)13-11-23)22-18(24)8-5-9-19-21-14-17(28-19)16-6-3-2-4-7-16/h2-4,6-7,14-15H,5,8-13H2,1H3,(H,22,24). The van der Waals surface area contributed by atoms with Gasteiger partial charge in [0.15, 0.2) is 21.5 Å². The summed E-state index contributed by atoms with van der Waals surface area (Å²) in [7, 11) is -3.05. The molecule has 2 aromatic rings. The minimum Gasteiger partial charge on any atom is -0.441 e. The summed E-state index contributed by atoms with van der Waals surface area (Å²) in [5, 5.41) is 2.68. The highest BCUT2D eigenvalue weighted by Crippen LogP contribution is 2.20. The van der Waals surface area contributed by atoms with Crippen molar-refractivity contribution in [1.29, 1.82) is 0 Å². The molecule has 1 fully saturated rings. The lowest BCUT2D eigenvalue weighted by molar-refractivity contribution is -0.135. The van der Waals surface area contributed by atoms with Gasteiger partial charge in [-0.15, -0.1) is 0 Å². The van der Waals surface area contributed by atoms with E-state index in [-0.39, 0.29) is 42.8 Å². The summed E-state index contributed by atoms with van der Waals surface area (Å²) in [4.78, 5) is 30.2. The second-order valence-electron chi connectivity index (χ2n) is 7.10. The molecule has 0 spiro atoms. The van der Waals surface area contributed by atoms with Crippen molar-refractivity contribution in [3.63, 3.8) is 0 Å². The van der Waals surface area contributed by atoms with Crippen LogP contribution in [0.25, 0.3) is 11.3 Å². The zero-order valence-corrected chi connectivity index (χ0v) is 17.2. The van der Waals surface area contributed by atoms with Crippen LogP contribution in [-0.4, -0.2) is 60.8 Å². The number of sulfone groups is 1. The second-order valence-corrected chi connectivity index (χ2v) is 9.41. The lowest BCUT2D eigenvalue weighted by Crippen LogP contribution is -2.51. The summed E-state index contributed by atoms with van der Waals surface area (Å²) in [6, 6.07) is 8.97. The van der Waals surface area contributed by atoms with Crippen LogP contribution < -0.4 is 5.32 Å². The van der Waals surface area contributed by atoms with Crippen molar-refractivity contribution < 1.29 is 22.4 Å². The van der Waals surface area contributed by atoms with E-state index in [0.29, 0.717) is 24.5 Å². The van der Waals surface area contributed by atoms with Crippen LogP contribution in [0.1, 0.15) is 25.7 Å². The van der Waals surface area contributed by atoms with E-state index in [1.165, 1.54) is 4.90 Å². The molecule has 1 atom stereocenters. The lowest BCUT2D eigenvalue weighted by Gasteiger charge is -2.29. The number of benzene rings is 1. The topological polar surface area (TPSA) is 110 Å². The van der Waals surface area contributed by atoms with Gasteiger partial charge in [-0.1, -0.05) is 30.3 Å². The third kappa shape index (κ3) is 5.90. The van der Waals surface area contributed by atoms with Gasteiger partial charge >= 0.3 is 0 Å². The Labute approximate surface area is 170 Å². The van der Waals surface area contributed by atoms with Gasteiger partial charge in [-0.25, -0.2) is 13.4 Å². The highest BCUT2D eigenvalue weighted by Gasteiger charge is 2.28. The Morgan fingerprint density at radius 3 is 2.59 bits per heavy atom. The number of hydrogen-bond donors (Lipinski definition) is 1. The minimum absolute atomic E-state index is 0.0273. The molecule has 2 amide bonds. The molecule has 1 aliphatic heterocycles. The van der Waals surface area contributed by atoms with Gasteiger partial charge in [0.1, 0.15) is 6.04 Å². The molecular weight excluding hydrogens is 394 g/mol. The van der Waals surface area contributed by atoms with E-state index in [0.717, 1.165) is 5.56 Å². The molecular formula is C20H25N3O5S. The van der Waals surface area contributed by atoms with Gasteiger partial charge < -0.3 is 14.6 Å². The normalized spacial score (nSPS) is 16.9. The first-order valence-corrected chi connectivity index (χ1v) is 11.4. The number of rotatable bonds is 7. The Bertz CT molecular complexity index is 942. The SMILES string of the molecule is CC(NC(=O)CCCc1ncc(-c2ccccc2)o1)C(=O)N1CCS(=O)(=O)CC1. The summed E-state index contributed by atoms with van der Waals surface area (Å²) in [5.74, 6) is 0.711. The van der Waals surface area contributed by atoms with E-state index in [4.69, 9.17) is 4.42 Å². The smallest absolute Gasteiger partial charge is 0.244 e. The molecule has 0 radical (unpaired) electrons. The summed E-state index contributed by atoms with van der Waals surface area (Å²) < 4.78 is 28.6. The number of carbonyl (C=O) groups is 2. The number of aromatic nitrogens is 1. The maximum absolute atomic E-state index is 12.4. The molecule has 1 aromatic carbocycles. The highest BCUT2D eigenvalue weighted by atomic mass is 32.2. The van der Waals surface area contributed by atoms with Gasteiger partial charge in [0.2, 0.25) is 11.8 Å². The van der Waals surface area contributed by atoms with Gasteiger partial charge in [0.25, 0.3) is 0 Å². The Morgan fingerprint density at radius 1 is 1.21 bits per heavy atom. The predicted molar refractivity (Wildman–Crippen MR) is 108 cm³/mol. The third-order valence-corrected chi connectivity index (χ3v) is 6.42. The Balaban J connectivity index is 1.41. The van der Waals surface area contributed by atoms with Crippen LogP contribution >= 0.6 is 0 Å². The summed E-state index contributed by atoms with van der Waals surface area (Å²) in [5.41, 5.74) is 0.946. The quantitative estimate of drug-likeness (QED) is 0.727. The van der Waals surface area contributed by atoms with E-state index < -0.39 is 15.9 Å². The largest absolute Gasteiger partial charge is 0.441 e. The number of carbonyl (C=O) groups excluding carboxylic acids is 2. The van der Waals surface area contributed by atoms with E-state index in [9.17, 15) is 18.0 Å². The second kappa shape index (κ2) is 9.21. The van der Waals surface area contributed by atoms with E-state index in [2.05, 4.69) is 10.3 Å². The first kappa shape index (κ1) is 21.0. The molecule has 0 saturated carbocycles. The number of aryl methyl sites for hydroxylation is 1. The monoisotopic (exact) mass is 419 g/mol. The minimum atomic E-state index is -3.05. The number of nitrogens with one attached hydrogen (secondary N) is 1. The molecule has 2 heterocycles. The van der Waals surface area contributed by atoms with Crippen molar-refractivity contribution in [2.75, 3.05) is 24.6 Å². The molecule has 29 heavy (non-hydrogen) atoms. The van der Waals surface area contributed by atoms with Crippen molar-refractivity contribution in [1.82, 2.24) is 15.2 Å². The average Bonchev–Trinajstić information content (AvgIpc) is 3.17. The zero-order valence-electron chi connectivity index (χ0n) is 16.3. The average molecular weight is 420 g/mol. The van der Waals surface area contributed by atoms with Crippen LogP contribution in [0.4, 0.5) is 0 Å². The molecule has 8 nitrogen and oxygen atoms in total. The molecule has 156 valence electrons. The highest BCUT2D eigenvalue weighted by molar-refractivity contribution is 7.91. The zero-order chi connectivity index (χ0) is 20.9. The van der Waals surface area contributed by atoms with Crippen LogP contribution in [0.3, 0.4) is 0 Å². The van der Waals surface area contributed by atoms with Crippen molar-refractivity contribution in [2.24, 2.45) is 0 Å². The first-order chi connectivity index (χ1) is 13.8. The van der Waals surface area contributed by atoms with Gasteiger partial charge in [-0.2, -0.15) is 0 Å². The Hall–Kier alpha value is -2.68. The molecule has 1 unspecified atom stereocenters. The number of nitrogens with zero attached hydrogens (tertiary/aromatic N) is 2. The van der Waals surface area contributed by atoms with E-state index in [1.807, 2.05) is 30.3 Å². The van der Waals surface area contributed by atoms with Crippen molar-refractivity contribution in [3.8, 4) is 11.3 Å². The van der Waals surface area contributed by atoms with Crippen LogP contribution in [0.5, 0.6) is 0 Å². The Kier molecular flexibility index (Phi) is 6.68. The fourth-order valence-corrected chi connectivity index (χ4v) is 4.35. The molecule has 3 rings (SSSR count). The lowest BCUT2D eigenvalue weighted by atomic mass is 10.2. The van der Waals surface area contributed by atoms with Crippen molar-refractivity contribution in [3.05, 3.63) is 42.4 Å². The van der Waals surface area contributed by atoms with Crippen molar-refractivity contribution in [2.45, 2.75) is 32.2 Å². The van der Waals surface area contributed by atoms with Crippen LogP contribution in [0, 0.1) is 0 Å². The number of amides is 2. The predicted octanol–water partition coefficient (Wildman–Crippen LogP) is 1.43. The molecule has 0 bridgehead atoms. The van der Waals surface area contributed by atoms with Gasteiger partial charge in [0, 0.05) is 31.5 Å². The molecule has 1 saturated heterocycles. The molecule has 1 N–H and O–H groups in total. The molecule has 1 aromatic heterocycles. The fraction of sp³-hybridized carbons (Fsp3) is 0.450. The van der Waals surface area contributed by atoms with Crippen LogP contribution in [0.15, 0.2) is 40.9 Å². The summed E-state index contributed by atoms with van der Waals surface area (Å²) >= 11 is 0. The molecule has 9 heteroatoms. The molecule has 0 aliphatic carbocycles. The maximum Gasteiger partial charge on any atom is 0.244 e. The fourth-order valence-electron chi connectivity index (χ4n) is 3.14. The number of oxazole rings is 1. The first-order valence-electron chi connectivity index (χ1n) is 9.63. The van der Waals surface area contributed by atoms with E-state index in [1.54, 1.807) is 13.1 Å². The van der Waals surface area contributed by atoms with Crippen molar-refractivity contribution >= 4 is 21.7 Å². The van der Waals surface area contributed by atoms with Gasteiger partial charge in [-0.3, -0.25) is 9.59 Å². The van der Waals surface area contributed by atoms with E-state index >= 15 is 0 Å². The maximum atomic E-state index is 12.4. The van der Waals surface area contributed by atoms with Gasteiger partial charge in [0.05, 0.1) is 17.7 Å². The molecule has 1 aliphatic rings. The van der Waals surface area contributed by atoms with Crippen LogP contribution in [0.2, 0.25) is 0 Å².